The Balaban J connectivity index is 2.31. The molecule has 19 heavy (non-hydrogen) atoms. The number of anilines is 1. The molecule has 1 unspecified atom stereocenters. The van der Waals surface area contributed by atoms with Gasteiger partial charge < -0.3 is 15.0 Å². The van der Waals surface area contributed by atoms with Gasteiger partial charge in [0.25, 0.3) is 0 Å². The first-order valence-electron chi connectivity index (χ1n) is 7.31. The normalized spacial score (nSPS) is 12.2. The molecule has 0 aliphatic heterocycles. The third kappa shape index (κ3) is 5.97. The highest BCUT2D eigenvalue weighted by Crippen LogP contribution is 2.19. The molecule has 108 valence electrons. The van der Waals surface area contributed by atoms with Crippen molar-refractivity contribution >= 4 is 5.69 Å². The fourth-order valence-corrected chi connectivity index (χ4v) is 2.11. The number of nitrogens with one attached hydrogen (secondary N) is 1. The minimum absolute atomic E-state index is 0.627. The molecule has 0 saturated heterocycles. The van der Waals surface area contributed by atoms with E-state index in [9.17, 15) is 0 Å². The molecule has 1 atom stereocenters. The van der Waals surface area contributed by atoms with Gasteiger partial charge >= 0.3 is 0 Å². The SMILES string of the molecule is CCNC(CC)CCCOc1cccc(N(C)C)c1. The van der Waals surface area contributed by atoms with E-state index in [2.05, 4.69) is 36.2 Å². The summed E-state index contributed by atoms with van der Waals surface area (Å²) in [6.45, 7) is 6.23. The minimum atomic E-state index is 0.627. The molecule has 0 radical (unpaired) electrons. The van der Waals surface area contributed by atoms with Gasteiger partial charge in [-0.05, 0) is 37.9 Å². The lowest BCUT2D eigenvalue weighted by atomic mass is 10.1. The smallest absolute Gasteiger partial charge is 0.121 e. The van der Waals surface area contributed by atoms with E-state index in [1.165, 1.54) is 18.5 Å². The molecule has 3 heteroatoms. The summed E-state index contributed by atoms with van der Waals surface area (Å²) in [5, 5.41) is 3.49. The van der Waals surface area contributed by atoms with E-state index >= 15 is 0 Å². The molecule has 0 aliphatic rings. The quantitative estimate of drug-likeness (QED) is 0.693. The first-order chi connectivity index (χ1) is 9.17. The Morgan fingerprint density at radius 1 is 1.26 bits per heavy atom. The van der Waals surface area contributed by atoms with Crippen LogP contribution in [0.2, 0.25) is 0 Å². The van der Waals surface area contributed by atoms with Gasteiger partial charge in [-0.1, -0.05) is 19.9 Å². The number of hydrogen-bond acceptors (Lipinski definition) is 3. The van der Waals surface area contributed by atoms with Crippen molar-refractivity contribution in [3.05, 3.63) is 24.3 Å². The van der Waals surface area contributed by atoms with Crippen LogP contribution in [0.5, 0.6) is 5.75 Å². The topological polar surface area (TPSA) is 24.5 Å². The summed E-state index contributed by atoms with van der Waals surface area (Å²) in [5.41, 5.74) is 1.18. The van der Waals surface area contributed by atoms with E-state index in [1.54, 1.807) is 0 Å². The first kappa shape index (κ1) is 15.8. The second-order valence-electron chi connectivity index (χ2n) is 5.05. The van der Waals surface area contributed by atoms with Crippen LogP contribution < -0.4 is 15.0 Å². The van der Waals surface area contributed by atoms with Crippen LogP contribution in [0.1, 0.15) is 33.1 Å². The average Bonchev–Trinajstić information content (AvgIpc) is 2.42. The summed E-state index contributed by atoms with van der Waals surface area (Å²) in [6.07, 6.45) is 3.46. The summed E-state index contributed by atoms with van der Waals surface area (Å²) >= 11 is 0. The van der Waals surface area contributed by atoms with Crippen molar-refractivity contribution < 1.29 is 4.74 Å². The average molecular weight is 264 g/mol. The van der Waals surface area contributed by atoms with Crippen LogP contribution in [0.15, 0.2) is 24.3 Å². The summed E-state index contributed by atoms with van der Waals surface area (Å²) in [7, 11) is 4.09. The minimum Gasteiger partial charge on any atom is -0.494 e. The van der Waals surface area contributed by atoms with E-state index in [-0.39, 0.29) is 0 Å². The van der Waals surface area contributed by atoms with Gasteiger partial charge in [-0.15, -0.1) is 0 Å². The van der Waals surface area contributed by atoms with E-state index in [4.69, 9.17) is 4.74 Å². The zero-order chi connectivity index (χ0) is 14.1. The number of rotatable bonds is 9. The highest BCUT2D eigenvalue weighted by Gasteiger charge is 2.04. The number of benzene rings is 1. The molecule has 0 saturated carbocycles. The van der Waals surface area contributed by atoms with E-state index in [0.29, 0.717) is 6.04 Å². The Morgan fingerprint density at radius 2 is 2.05 bits per heavy atom. The third-order valence-corrected chi connectivity index (χ3v) is 3.29. The van der Waals surface area contributed by atoms with Crippen LogP contribution >= 0.6 is 0 Å². The second-order valence-corrected chi connectivity index (χ2v) is 5.05. The number of ether oxygens (including phenoxy) is 1. The van der Waals surface area contributed by atoms with E-state index < -0.39 is 0 Å². The third-order valence-electron chi connectivity index (χ3n) is 3.29. The Kier molecular flexibility index (Phi) is 7.34. The molecular formula is C16H28N2O. The molecule has 1 N–H and O–H groups in total. The summed E-state index contributed by atoms with van der Waals surface area (Å²) < 4.78 is 5.82. The molecule has 3 nitrogen and oxygen atoms in total. The molecule has 0 bridgehead atoms. The van der Waals surface area contributed by atoms with Crippen LogP contribution in [0.3, 0.4) is 0 Å². The summed E-state index contributed by atoms with van der Waals surface area (Å²) in [4.78, 5) is 2.09. The monoisotopic (exact) mass is 264 g/mol. The van der Waals surface area contributed by atoms with Gasteiger partial charge in [0, 0.05) is 31.9 Å². The summed E-state index contributed by atoms with van der Waals surface area (Å²) in [6, 6.07) is 8.86. The zero-order valence-corrected chi connectivity index (χ0v) is 12.8. The van der Waals surface area contributed by atoms with Gasteiger partial charge in [0.15, 0.2) is 0 Å². The van der Waals surface area contributed by atoms with Gasteiger partial charge in [0.2, 0.25) is 0 Å². The second kappa shape index (κ2) is 8.81. The lowest BCUT2D eigenvalue weighted by molar-refractivity contribution is 0.295. The maximum atomic E-state index is 5.82. The lowest BCUT2D eigenvalue weighted by Crippen LogP contribution is -2.28. The van der Waals surface area contributed by atoms with Gasteiger partial charge in [0.1, 0.15) is 5.75 Å². The fraction of sp³-hybridized carbons (Fsp3) is 0.625. The van der Waals surface area contributed by atoms with E-state index in [0.717, 1.165) is 25.3 Å². The van der Waals surface area contributed by atoms with Crippen molar-refractivity contribution in [3.63, 3.8) is 0 Å². The molecule has 0 heterocycles. The Hall–Kier alpha value is -1.22. The van der Waals surface area contributed by atoms with Crippen LogP contribution in [0.4, 0.5) is 5.69 Å². The molecule has 0 fully saturated rings. The summed E-state index contributed by atoms with van der Waals surface area (Å²) in [5.74, 6) is 0.961. The number of hydrogen-bond donors (Lipinski definition) is 1. The van der Waals surface area contributed by atoms with Crippen molar-refractivity contribution in [2.24, 2.45) is 0 Å². The highest BCUT2D eigenvalue weighted by atomic mass is 16.5. The van der Waals surface area contributed by atoms with E-state index in [1.807, 2.05) is 26.2 Å². The van der Waals surface area contributed by atoms with Crippen molar-refractivity contribution in [2.45, 2.75) is 39.2 Å². The molecule has 0 aliphatic carbocycles. The molecule has 1 aromatic carbocycles. The maximum absolute atomic E-state index is 5.82. The van der Waals surface area contributed by atoms with Crippen LogP contribution in [0.25, 0.3) is 0 Å². The Morgan fingerprint density at radius 3 is 2.68 bits per heavy atom. The van der Waals surface area contributed by atoms with Crippen LogP contribution in [-0.2, 0) is 0 Å². The van der Waals surface area contributed by atoms with Crippen molar-refractivity contribution in [3.8, 4) is 5.75 Å². The molecule has 0 spiro atoms. The molecule has 0 aromatic heterocycles. The van der Waals surface area contributed by atoms with Crippen molar-refractivity contribution in [2.75, 3.05) is 32.1 Å². The van der Waals surface area contributed by atoms with Crippen LogP contribution in [0, 0.1) is 0 Å². The molecule has 1 aromatic rings. The largest absolute Gasteiger partial charge is 0.494 e. The fourth-order valence-electron chi connectivity index (χ4n) is 2.11. The van der Waals surface area contributed by atoms with Crippen molar-refractivity contribution in [1.82, 2.24) is 5.32 Å². The van der Waals surface area contributed by atoms with Gasteiger partial charge in [-0.3, -0.25) is 0 Å². The van der Waals surface area contributed by atoms with Gasteiger partial charge in [0.05, 0.1) is 6.61 Å². The molecular weight excluding hydrogens is 236 g/mol. The Bertz CT molecular complexity index is 352. The Labute approximate surface area is 118 Å². The number of nitrogens with zero attached hydrogens (tertiary/aromatic N) is 1. The predicted octanol–water partition coefficient (Wildman–Crippen LogP) is 3.30. The van der Waals surface area contributed by atoms with Crippen molar-refractivity contribution in [1.29, 1.82) is 0 Å². The maximum Gasteiger partial charge on any atom is 0.121 e. The predicted molar refractivity (Wildman–Crippen MR) is 83.3 cm³/mol. The zero-order valence-electron chi connectivity index (χ0n) is 12.8. The highest BCUT2D eigenvalue weighted by molar-refractivity contribution is 5.49. The van der Waals surface area contributed by atoms with Gasteiger partial charge in [-0.25, -0.2) is 0 Å². The molecule has 0 amide bonds. The van der Waals surface area contributed by atoms with Crippen LogP contribution in [-0.4, -0.2) is 33.3 Å². The van der Waals surface area contributed by atoms with Gasteiger partial charge in [-0.2, -0.15) is 0 Å². The standard InChI is InChI=1S/C16H28N2O/c1-5-14(17-6-2)9-8-12-19-16-11-7-10-15(13-16)18(3)4/h7,10-11,13-14,17H,5-6,8-9,12H2,1-4H3. The lowest BCUT2D eigenvalue weighted by Gasteiger charge is -2.16. The molecule has 1 rings (SSSR count). The first-order valence-corrected chi connectivity index (χ1v) is 7.31.